The standard InChI is InChI=1S/C21H15F2N3O2S2/c22-21(23)30-15-8-6-14(7-9-15)26-17(27)10-28-19-18-16(13-4-2-1-3-5-13)11-29-20(18)25-12-24-19/h1-9,11-12,21H,10H2,(H,26,27). The quantitative estimate of drug-likeness (QED) is 0.372. The summed E-state index contributed by atoms with van der Waals surface area (Å²) in [5.74, 6) is -2.53. The zero-order valence-corrected chi connectivity index (χ0v) is 17.1. The zero-order chi connectivity index (χ0) is 20.9. The summed E-state index contributed by atoms with van der Waals surface area (Å²) in [4.78, 5) is 22.0. The van der Waals surface area contributed by atoms with E-state index in [0.29, 0.717) is 28.2 Å². The molecule has 1 N–H and O–H groups in total. The van der Waals surface area contributed by atoms with Gasteiger partial charge >= 0.3 is 0 Å². The van der Waals surface area contributed by atoms with Gasteiger partial charge in [0.05, 0.1) is 5.39 Å². The number of amides is 1. The molecule has 2 aromatic carbocycles. The van der Waals surface area contributed by atoms with Crippen LogP contribution in [0.5, 0.6) is 5.88 Å². The molecule has 0 aliphatic rings. The van der Waals surface area contributed by atoms with Crippen LogP contribution in [0.15, 0.2) is 71.2 Å². The Hall–Kier alpha value is -3.04. The van der Waals surface area contributed by atoms with E-state index in [1.54, 1.807) is 12.1 Å². The molecule has 0 aliphatic heterocycles. The Balaban J connectivity index is 1.46. The molecule has 0 fully saturated rings. The van der Waals surface area contributed by atoms with Gasteiger partial charge in [-0.1, -0.05) is 42.1 Å². The third kappa shape index (κ3) is 4.74. The fraction of sp³-hybridized carbons (Fsp3) is 0.0952. The predicted octanol–water partition coefficient (Wildman–Crippen LogP) is 5.69. The number of thioether (sulfide) groups is 1. The van der Waals surface area contributed by atoms with Crippen LogP contribution in [0.3, 0.4) is 0 Å². The highest BCUT2D eigenvalue weighted by Gasteiger charge is 2.15. The molecule has 4 aromatic rings. The fourth-order valence-electron chi connectivity index (χ4n) is 2.84. The lowest BCUT2D eigenvalue weighted by Crippen LogP contribution is -2.20. The first-order valence-electron chi connectivity index (χ1n) is 8.85. The van der Waals surface area contributed by atoms with Gasteiger partial charge in [0.15, 0.2) is 6.61 Å². The van der Waals surface area contributed by atoms with Gasteiger partial charge in [0.1, 0.15) is 11.2 Å². The highest BCUT2D eigenvalue weighted by atomic mass is 32.2. The van der Waals surface area contributed by atoms with Crippen molar-refractivity contribution < 1.29 is 18.3 Å². The maximum absolute atomic E-state index is 12.4. The van der Waals surface area contributed by atoms with Gasteiger partial charge in [-0.05, 0) is 29.8 Å². The van der Waals surface area contributed by atoms with Crippen molar-refractivity contribution in [3.05, 3.63) is 66.3 Å². The number of halogens is 2. The summed E-state index contributed by atoms with van der Waals surface area (Å²) in [6.45, 7) is -0.246. The minimum absolute atomic E-state index is 0.246. The van der Waals surface area contributed by atoms with Gasteiger partial charge in [-0.2, -0.15) is 8.78 Å². The first kappa shape index (κ1) is 20.2. The van der Waals surface area contributed by atoms with Crippen LogP contribution < -0.4 is 10.1 Å². The fourth-order valence-corrected chi connectivity index (χ4v) is 4.24. The number of nitrogens with zero attached hydrogens (tertiary/aromatic N) is 2. The molecule has 1 amide bonds. The van der Waals surface area contributed by atoms with Gasteiger partial charge in [-0.25, -0.2) is 9.97 Å². The minimum atomic E-state index is -2.48. The molecule has 2 heterocycles. The first-order chi connectivity index (χ1) is 14.6. The SMILES string of the molecule is O=C(COc1ncnc2scc(-c3ccccc3)c12)Nc1ccc(SC(F)F)cc1. The lowest BCUT2D eigenvalue weighted by atomic mass is 10.1. The van der Waals surface area contributed by atoms with Crippen molar-refractivity contribution in [1.29, 1.82) is 0 Å². The number of anilines is 1. The normalized spacial score (nSPS) is 11.0. The summed E-state index contributed by atoms with van der Waals surface area (Å²) in [6.07, 6.45) is 1.40. The largest absolute Gasteiger partial charge is 0.467 e. The van der Waals surface area contributed by atoms with Gasteiger partial charge < -0.3 is 10.1 Å². The van der Waals surface area contributed by atoms with Crippen LogP contribution in [-0.2, 0) is 4.79 Å². The molecule has 0 bridgehead atoms. The number of benzene rings is 2. The number of rotatable bonds is 7. The highest BCUT2D eigenvalue weighted by molar-refractivity contribution is 7.99. The van der Waals surface area contributed by atoms with Gasteiger partial charge in [0.2, 0.25) is 5.88 Å². The van der Waals surface area contributed by atoms with Gasteiger partial charge in [0, 0.05) is 21.5 Å². The Kier molecular flexibility index (Phi) is 6.20. The molecule has 0 unspecified atom stereocenters. The lowest BCUT2D eigenvalue weighted by Gasteiger charge is -2.09. The summed E-state index contributed by atoms with van der Waals surface area (Å²) >= 11 is 1.93. The van der Waals surface area contributed by atoms with Gasteiger partial charge in [0.25, 0.3) is 11.7 Å². The molecular formula is C21H15F2N3O2S2. The Morgan fingerprint density at radius 2 is 1.87 bits per heavy atom. The molecule has 152 valence electrons. The third-order valence-electron chi connectivity index (χ3n) is 4.12. The van der Waals surface area contributed by atoms with Crippen LogP contribution in [0.25, 0.3) is 21.3 Å². The predicted molar refractivity (Wildman–Crippen MR) is 115 cm³/mol. The summed E-state index contributed by atoms with van der Waals surface area (Å²) in [6, 6.07) is 16.0. The molecule has 0 atom stereocenters. The van der Waals surface area contributed by atoms with E-state index in [1.807, 2.05) is 35.7 Å². The van der Waals surface area contributed by atoms with E-state index >= 15 is 0 Å². The van der Waals surface area contributed by atoms with E-state index in [-0.39, 0.29) is 12.5 Å². The van der Waals surface area contributed by atoms with E-state index in [9.17, 15) is 13.6 Å². The summed E-state index contributed by atoms with van der Waals surface area (Å²) < 4.78 is 30.5. The molecule has 0 aliphatic carbocycles. The Morgan fingerprint density at radius 1 is 1.10 bits per heavy atom. The van der Waals surface area contributed by atoms with E-state index in [1.165, 1.54) is 29.8 Å². The van der Waals surface area contributed by atoms with Gasteiger partial charge in [-0.15, -0.1) is 11.3 Å². The van der Waals surface area contributed by atoms with E-state index in [0.717, 1.165) is 21.3 Å². The third-order valence-corrected chi connectivity index (χ3v) is 5.73. The first-order valence-corrected chi connectivity index (χ1v) is 10.6. The number of ether oxygens (including phenoxy) is 1. The second-order valence-corrected chi connectivity index (χ2v) is 8.04. The van der Waals surface area contributed by atoms with Crippen LogP contribution >= 0.6 is 23.1 Å². The Bertz CT molecular complexity index is 1150. The molecule has 0 spiro atoms. The number of alkyl halides is 2. The zero-order valence-electron chi connectivity index (χ0n) is 15.4. The number of carbonyl (C=O) groups is 1. The van der Waals surface area contributed by atoms with E-state index in [2.05, 4.69) is 15.3 Å². The summed E-state index contributed by atoms with van der Waals surface area (Å²) in [5, 5.41) is 5.43. The Labute approximate surface area is 179 Å². The van der Waals surface area contributed by atoms with Crippen molar-refractivity contribution in [3.8, 4) is 17.0 Å². The van der Waals surface area contributed by atoms with Crippen LogP contribution in [0.4, 0.5) is 14.5 Å². The average molecular weight is 444 g/mol. The summed E-state index contributed by atoms with van der Waals surface area (Å²) in [7, 11) is 0. The highest BCUT2D eigenvalue weighted by Crippen LogP contribution is 2.37. The minimum Gasteiger partial charge on any atom is -0.467 e. The lowest BCUT2D eigenvalue weighted by molar-refractivity contribution is -0.118. The second kappa shape index (κ2) is 9.19. The molecule has 9 heteroatoms. The number of nitrogens with one attached hydrogen (secondary N) is 1. The van der Waals surface area contributed by atoms with Crippen LogP contribution in [0, 0.1) is 0 Å². The van der Waals surface area contributed by atoms with Crippen LogP contribution in [0.1, 0.15) is 0 Å². The van der Waals surface area contributed by atoms with Crippen LogP contribution in [-0.4, -0.2) is 28.2 Å². The molecule has 2 aromatic heterocycles. The monoisotopic (exact) mass is 443 g/mol. The smallest absolute Gasteiger partial charge is 0.288 e. The van der Waals surface area contributed by atoms with Gasteiger partial charge in [-0.3, -0.25) is 4.79 Å². The maximum Gasteiger partial charge on any atom is 0.288 e. The molecule has 0 radical (unpaired) electrons. The van der Waals surface area contributed by atoms with Crippen molar-refractivity contribution in [2.45, 2.75) is 10.7 Å². The number of hydrogen-bond donors (Lipinski definition) is 1. The Morgan fingerprint density at radius 3 is 2.60 bits per heavy atom. The molecule has 0 saturated carbocycles. The topological polar surface area (TPSA) is 64.1 Å². The average Bonchev–Trinajstić information content (AvgIpc) is 3.19. The number of thiophene rings is 1. The molecule has 0 saturated heterocycles. The van der Waals surface area contributed by atoms with Crippen molar-refractivity contribution in [3.63, 3.8) is 0 Å². The maximum atomic E-state index is 12.4. The molecule has 30 heavy (non-hydrogen) atoms. The number of hydrogen-bond acceptors (Lipinski definition) is 6. The van der Waals surface area contributed by atoms with E-state index in [4.69, 9.17) is 4.74 Å². The number of carbonyl (C=O) groups excluding carboxylic acids is 1. The van der Waals surface area contributed by atoms with Crippen molar-refractivity contribution in [2.24, 2.45) is 0 Å². The van der Waals surface area contributed by atoms with Crippen molar-refractivity contribution in [2.75, 3.05) is 11.9 Å². The van der Waals surface area contributed by atoms with E-state index < -0.39 is 5.76 Å². The summed E-state index contributed by atoms with van der Waals surface area (Å²) in [5.41, 5.74) is 2.45. The van der Waals surface area contributed by atoms with Crippen molar-refractivity contribution >= 4 is 44.9 Å². The second-order valence-electron chi connectivity index (χ2n) is 6.11. The van der Waals surface area contributed by atoms with Crippen molar-refractivity contribution in [1.82, 2.24) is 9.97 Å². The molecule has 5 nitrogen and oxygen atoms in total. The molecule has 4 rings (SSSR count). The molecular weight excluding hydrogens is 428 g/mol. The number of fused-ring (bicyclic) bond motifs is 1. The van der Waals surface area contributed by atoms with Crippen LogP contribution in [0.2, 0.25) is 0 Å². The number of aromatic nitrogens is 2.